The zero-order valence-electron chi connectivity index (χ0n) is 9.02. The van der Waals surface area contributed by atoms with E-state index in [0.717, 1.165) is 21.3 Å². The van der Waals surface area contributed by atoms with Crippen molar-refractivity contribution in [3.8, 4) is 5.88 Å². The first kappa shape index (κ1) is 11.4. The Hall–Kier alpha value is -2.11. The minimum Gasteiger partial charge on any atom is -0.493 e. The molecule has 0 unspecified atom stereocenters. The number of nitrogens with zero attached hydrogens (tertiary/aromatic N) is 2. The Labute approximate surface area is 95.4 Å². The van der Waals surface area contributed by atoms with E-state index in [0.29, 0.717) is 0 Å². The van der Waals surface area contributed by atoms with Gasteiger partial charge in [0.1, 0.15) is 11.6 Å². The van der Waals surface area contributed by atoms with E-state index in [4.69, 9.17) is 0 Å². The van der Waals surface area contributed by atoms with Crippen molar-refractivity contribution >= 4 is 0 Å². The fraction of sp³-hybridized carbons (Fsp3) is 0.182. The zero-order valence-corrected chi connectivity index (χ0v) is 9.02. The molecule has 0 saturated heterocycles. The molecule has 0 fully saturated rings. The van der Waals surface area contributed by atoms with Gasteiger partial charge in [-0.3, -0.25) is 9.13 Å². The summed E-state index contributed by atoms with van der Waals surface area (Å²) in [6, 6.07) is 3.14. The van der Waals surface area contributed by atoms with Crippen LogP contribution in [0.5, 0.6) is 5.88 Å². The third-order valence-corrected chi connectivity index (χ3v) is 2.50. The van der Waals surface area contributed by atoms with Crippen LogP contribution >= 0.6 is 0 Å². The summed E-state index contributed by atoms with van der Waals surface area (Å²) in [6.45, 7) is -0.0562. The Morgan fingerprint density at radius 1 is 1.35 bits per heavy atom. The first-order chi connectivity index (χ1) is 7.99. The molecule has 0 saturated carbocycles. The number of benzene rings is 1. The van der Waals surface area contributed by atoms with Gasteiger partial charge in [0, 0.05) is 18.7 Å². The van der Waals surface area contributed by atoms with E-state index in [1.54, 1.807) is 0 Å². The molecule has 4 nitrogen and oxygen atoms in total. The van der Waals surface area contributed by atoms with Crippen LogP contribution in [0.4, 0.5) is 8.78 Å². The van der Waals surface area contributed by atoms with Crippen molar-refractivity contribution < 1.29 is 13.9 Å². The van der Waals surface area contributed by atoms with E-state index in [-0.39, 0.29) is 18.0 Å². The normalized spacial score (nSPS) is 10.8. The molecule has 1 N–H and O–H groups in total. The maximum Gasteiger partial charge on any atom is 0.331 e. The Bertz CT molecular complexity index is 616. The topological polar surface area (TPSA) is 47.2 Å². The highest BCUT2D eigenvalue weighted by Gasteiger charge is 2.10. The van der Waals surface area contributed by atoms with Crippen LogP contribution < -0.4 is 5.69 Å². The van der Waals surface area contributed by atoms with Crippen molar-refractivity contribution in [3.63, 3.8) is 0 Å². The standard InChI is InChI=1S/C11H10F2N2O2/c1-14-10(16)6-15(11(14)17)5-7-2-3-8(12)4-9(7)13/h2-4,6,16H,5H2,1H3. The highest BCUT2D eigenvalue weighted by Crippen LogP contribution is 2.12. The van der Waals surface area contributed by atoms with E-state index in [1.165, 1.54) is 19.3 Å². The van der Waals surface area contributed by atoms with Gasteiger partial charge in [0.05, 0.1) is 12.7 Å². The van der Waals surface area contributed by atoms with Gasteiger partial charge in [-0.15, -0.1) is 0 Å². The summed E-state index contributed by atoms with van der Waals surface area (Å²) >= 11 is 0. The van der Waals surface area contributed by atoms with Gasteiger partial charge in [-0.2, -0.15) is 0 Å². The molecular weight excluding hydrogens is 230 g/mol. The molecule has 1 aromatic heterocycles. The van der Waals surface area contributed by atoms with E-state index in [9.17, 15) is 18.7 Å². The average Bonchev–Trinajstić information content (AvgIpc) is 2.50. The van der Waals surface area contributed by atoms with Crippen molar-refractivity contribution in [2.24, 2.45) is 7.05 Å². The Morgan fingerprint density at radius 2 is 2.06 bits per heavy atom. The van der Waals surface area contributed by atoms with Crippen LogP contribution in [0.3, 0.4) is 0 Å². The minimum absolute atomic E-state index is 0.0562. The van der Waals surface area contributed by atoms with Gasteiger partial charge < -0.3 is 5.11 Å². The van der Waals surface area contributed by atoms with Gasteiger partial charge in [-0.1, -0.05) is 6.07 Å². The van der Waals surface area contributed by atoms with Crippen LogP contribution in [-0.4, -0.2) is 14.2 Å². The average molecular weight is 240 g/mol. The Balaban J connectivity index is 2.38. The summed E-state index contributed by atoms with van der Waals surface area (Å²) in [4.78, 5) is 11.5. The number of hydrogen-bond donors (Lipinski definition) is 1. The molecule has 0 aliphatic carbocycles. The molecule has 0 spiro atoms. The number of aromatic hydroxyl groups is 1. The van der Waals surface area contributed by atoms with Gasteiger partial charge >= 0.3 is 5.69 Å². The summed E-state index contributed by atoms with van der Waals surface area (Å²) in [5.41, 5.74) is -0.287. The summed E-state index contributed by atoms with van der Waals surface area (Å²) in [6.07, 6.45) is 1.20. The van der Waals surface area contributed by atoms with E-state index >= 15 is 0 Å². The minimum atomic E-state index is -0.722. The molecule has 0 amide bonds. The number of hydrogen-bond acceptors (Lipinski definition) is 2. The molecule has 90 valence electrons. The predicted octanol–water partition coefficient (Wildman–Crippen LogP) is 1.22. The van der Waals surface area contributed by atoms with Crippen molar-refractivity contribution in [2.45, 2.75) is 6.54 Å². The summed E-state index contributed by atoms with van der Waals surface area (Å²) in [5.74, 6) is -1.60. The van der Waals surface area contributed by atoms with Crippen molar-refractivity contribution in [3.05, 3.63) is 52.1 Å². The summed E-state index contributed by atoms with van der Waals surface area (Å²) < 4.78 is 28.2. The molecule has 2 rings (SSSR count). The van der Waals surface area contributed by atoms with Crippen LogP contribution in [0, 0.1) is 11.6 Å². The van der Waals surface area contributed by atoms with Crippen molar-refractivity contribution in [1.82, 2.24) is 9.13 Å². The predicted molar refractivity (Wildman–Crippen MR) is 56.8 cm³/mol. The van der Waals surface area contributed by atoms with Crippen LogP contribution in [0.15, 0.2) is 29.2 Å². The summed E-state index contributed by atoms with van der Waals surface area (Å²) in [7, 11) is 1.40. The lowest BCUT2D eigenvalue weighted by molar-refractivity contribution is 0.429. The summed E-state index contributed by atoms with van der Waals surface area (Å²) in [5, 5.41) is 9.30. The lowest BCUT2D eigenvalue weighted by Crippen LogP contribution is -2.22. The SMILES string of the molecule is Cn1c(O)cn(Cc2ccc(F)cc2F)c1=O. The molecule has 6 heteroatoms. The molecular formula is C11H10F2N2O2. The lowest BCUT2D eigenvalue weighted by atomic mass is 10.2. The fourth-order valence-electron chi connectivity index (χ4n) is 1.52. The second-order valence-electron chi connectivity index (χ2n) is 3.69. The Kier molecular flexibility index (Phi) is 2.71. The monoisotopic (exact) mass is 240 g/mol. The van der Waals surface area contributed by atoms with Gasteiger partial charge in [0.2, 0.25) is 5.88 Å². The number of rotatable bonds is 2. The third-order valence-electron chi connectivity index (χ3n) is 2.50. The largest absolute Gasteiger partial charge is 0.493 e. The van der Waals surface area contributed by atoms with Crippen molar-refractivity contribution in [1.29, 1.82) is 0 Å². The molecule has 0 aliphatic heterocycles. The second-order valence-corrected chi connectivity index (χ2v) is 3.69. The number of halogens is 2. The molecule has 0 radical (unpaired) electrons. The fourth-order valence-corrected chi connectivity index (χ4v) is 1.52. The van der Waals surface area contributed by atoms with Gasteiger partial charge in [-0.05, 0) is 6.07 Å². The molecule has 2 aromatic rings. The van der Waals surface area contributed by atoms with Crippen LogP contribution in [-0.2, 0) is 13.6 Å². The van der Waals surface area contributed by atoms with E-state index in [2.05, 4.69) is 0 Å². The number of imidazole rings is 1. The first-order valence-corrected chi connectivity index (χ1v) is 4.88. The number of aromatic nitrogens is 2. The zero-order chi connectivity index (χ0) is 12.6. The molecule has 1 aromatic carbocycles. The van der Waals surface area contributed by atoms with Gasteiger partial charge in [0.25, 0.3) is 0 Å². The second kappa shape index (κ2) is 4.04. The molecule has 17 heavy (non-hydrogen) atoms. The Morgan fingerprint density at radius 3 is 2.59 bits per heavy atom. The van der Waals surface area contributed by atoms with Gasteiger partial charge in [0.15, 0.2) is 0 Å². The smallest absolute Gasteiger partial charge is 0.331 e. The van der Waals surface area contributed by atoms with Crippen molar-refractivity contribution in [2.75, 3.05) is 0 Å². The lowest BCUT2D eigenvalue weighted by Gasteiger charge is -2.03. The van der Waals surface area contributed by atoms with Crippen LogP contribution in [0.2, 0.25) is 0 Å². The quantitative estimate of drug-likeness (QED) is 0.857. The molecule has 0 atom stereocenters. The first-order valence-electron chi connectivity index (χ1n) is 4.88. The third kappa shape index (κ3) is 2.06. The highest BCUT2D eigenvalue weighted by molar-refractivity contribution is 5.19. The highest BCUT2D eigenvalue weighted by atomic mass is 19.1. The van der Waals surface area contributed by atoms with E-state index in [1.807, 2.05) is 0 Å². The van der Waals surface area contributed by atoms with Crippen LogP contribution in [0.1, 0.15) is 5.56 Å². The molecule has 0 bridgehead atoms. The van der Waals surface area contributed by atoms with Crippen LogP contribution in [0.25, 0.3) is 0 Å². The van der Waals surface area contributed by atoms with Gasteiger partial charge in [-0.25, -0.2) is 13.6 Å². The van der Waals surface area contributed by atoms with E-state index < -0.39 is 17.3 Å². The maximum absolute atomic E-state index is 13.4. The maximum atomic E-state index is 13.4. The molecule has 0 aliphatic rings. The molecule has 1 heterocycles.